The van der Waals surface area contributed by atoms with Gasteiger partial charge in [-0.2, -0.15) is 0 Å². The molecular weight excluding hydrogens is 222 g/mol. The van der Waals surface area contributed by atoms with Gasteiger partial charge in [0.05, 0.1) is 0 Å². The summed E-state index contributed by atoms with van der Waals surface area (Å²) in [7, 11) is 0. The zero-order valence-corrected chi connectivity index (χ0v) is 9.88. The van der Waals surface area contributed by atoms with E-state index in [4.69, 9.17) is 0 Å². The zero-order valence-electron chi connectivity index (χ0n) is 9.06. The number of carbonyl (C=O) groups excluding carboxylic acids is 2. The van der Waals surface area contributed by atoms with Crippen molar-refractivity contribution in [2.45, 2.75) is 18.6 Å². The van der Waals surface area contributed by atoms with Crippen molar-refractivity contribution in [2.24, 2.45) is 4.99 Å². The standard InChI is InChI=1S/C12H11NO2S/c1-8(14)12(2)11(15)13-10(16-12)9-6-4-3-5-7-9/h3-7H,1-2H3. The molecule has 0 aliphatic carbocycles. The van der Waals surface area contributed by atoms with E-state index < -0.39 is 4.75 Å². The molecule has 1 aromatic carbocycles. The molecule has 82 valence electrons. The summed E-state index contributed by atoms with van der Waals surface area (Å²) in [5.41, 5.74) is 0.880. The van der Waals surface area contributed by atoms with Gasteiger partial charge in [-0.05, 0) is 13.8 Å². The largest absolute Gasteiger partial charge is 0.298 e. The minimum absolute atomic E-state index is 0.155. The summed E-state index contributed by atoms with van der Waals surface area (Å²) >= 11 is 1.23. The van der Waals surface area contributed by atoms with Crippen LogP contribution in [0, 0.1) is 0 Å². The molecule has 2 rings (SSSR count). The minimum atomic E-state index is -1.04. The highest BCUT2D eigenvalue weighted by Gasteiger charge is 2.45. The van der Waals surface area contributed by atoms with Crippen molar-refractivity contribution in [3.05, 3.63) is 35.9 Å². The van der Waals surface area contributed by atoms with Gasteiger partial charge >= 0.3 is 0 Å². The van der Waals surface area contributed by atoms with Gasteiger partial charge < -0.3 is 0 Å². The van der Waals surface area contributed by atoms with Crippen molar-refractivity contribution in [2.75, 3.05) is 0 Å². The number of hydrogen-bond donors (Lipinski definition) is 0. The number of nitrogens with zero attached hydrogens (tertiary/aromatic N) is 1. The van der Waals surface area contributed by atoms with Crippen molar-refractivity contribution < 1.29 is 9.59 Å². The van der Waals surface area contributed by atoms with E-state index in [-0.39, 0.29) is 11.7 Å². The molecule has 1 aliphatic heterocycles. The first kappa shape index (κ1) is 11.1. The van der Waals surface area contributed by atoms with E-state index in [1.807, 2.05) is 30.3 Å². The predicted octanol–water partition coefficient (Wildman–Crippen LogP) is 2.05. The van der Waals surface area contributed by atoms with Gasteiger partial charge in [-0.15, -0.1) is 0 Å². The maximum atomic E-state index is 11.7. The first-order valence-corrected chi connectivity index (χ1v) is 5.74. The number of ketones is 1. The number of hydrogen-bond acceptors (Lipinski definition) is 3. The molecule has 0 N–H and O–H groups in total. The molecule has 3 nitrogen and oxygen atoms in total. The van der Waals surface area contributed by atoms with Crippen LogP contribution in [-0.2, 0) is 9.59 Å². The van der Waals surface area contributed by atoms with Crippen LogP contribution in [0.25, 0.3) is 0 Å². The Kier molecular flexibility index (Phi) is 2.68. The third kappa shape index (κ3) is 1.69. The van der Waals surface area contributed by atoms with Gasteiger partial charge in [-0.1, -0.05) is 42.1 Å². The quantitative estimate of drug-likeness (QED) is 0.734. The number of carbonyl (C=O) groups is 2. The van der Waals surface area contributed by atoms with Gasteiger partial charge in [0.1, 0.15) is 5.04 Å². The lowest BCUT2D eigenvalue weighted by Gasteiger charge is -2.15. The van der Waals surface area contributed by atoms with E-state index in [2.05, 4.69) is 4.99 Å². The van der Waals surface area contributed by atoms with Crippen LogP contribution in [0.15, 0.2) is 35.3 Å². The molecule has 0 saturated carbocycles. The minimum Gasteiger partial charge on any atom is -0.298 e. The maximum absolute atomic E-state index is 11.7. The van der Waals surface area contributed by atoms with Crippen LogP contribution in [0.2, 0.25) is 0 Å². The molecule has 4 heteroatoms. The number of rotatable bonds is 2. The van der Waals surface area contributed by atoms with Crippen molar-refractivity contribution in [1.82, 2.24) is 0 Å². The Labute approximate surface area is 98.0 Å². The number of thioether (sulfide) groups is 1. The average Bonchev–Trinajstić information content (AvgIpc) is 2.58. The van der Waals surface area contributed by atoms with E-state index in [0.717, 1.165) is 5.56 Å². The highest BCUT2D eigenvalue weighted by atomic mass is 32.2. The summed E-state index contributed by atoms with van der Waals surface area (Å²) in [5, 5.41) is 0.628. The van der Waals surface area contributed by atoms with Crippen LogP contribution in [0.3, 0.4) is 0 Å². The van der Waals surface area contributed by atoms with Gasteiger partial charge in [0.15, 0.2) is 10.5 Å². The third-order valence-corrected chi connectivity index (χ3v) is 4.00. The monoisotopic (exact) mass is 233 g/mol. The molecule has 0 aromatic heterocycles. The topological polar surface area (TPSA) is 46.5 Å². The Morgan fingerprint density at radius 2 is 1.94 bits per heavy atom. The lowest BCUT2D eigenvalue weighted by Crippen LogP contribution is -2.35. The summed E-state index contributed by atoms with van der Waals surface area (Å²) in [6.45, 7) is 3.05. The molecule has 1 aliphatic rings. The van der Waals surface area contributed by atoms with Crippen LogP contribution in [0.5, 0.6) is 0 Å². The van der Waals surface area contributed by atoms with E-state index in [1.54, 1.807) is 6.92 Å². The Hall–Kier alpha value is -1.42. The Morgan fingerprint density at radius 1 is 1.31 bits per heavy atom. The Morgan fingerprint density at radius 3 is 2.44 bits per heavy atom. The van der Waals surface area contributed by atoms with Gasteiger partial charge in [0.25, 0.3) is 5.91 Å². The zero-order chi connectivity index (χ0) is 11.8. The molecule has 1 amide bonds. The summed E-state index contributed by atoms with van der Waals surface area (Å²) in [6.07, 6.45) is 0. The first-order valence-electron chi connectivity index (χ1n) is 4.92. The summed E-state index contributed by atoms with van der Waals surface area (Å²) in [6, 6.07) is 9.42. The number of aliphatic imine (C=N–C) groups is 1. The second kappa shape index (κ2) is 3.87. The number of amides is 1. The van der Waals surface area contributed by atoms with E-state index >= 15 is 0 Å². The van der Waals surface area contributed by atoms with Crippen molar-refractivity contribution in [3.63, 3.8) is 0 Å². The van der Waals surface area contributed by atoms with Gasteiger partial charge in [-0.3, -0.25) is 9.59 Å². The van der Waals surface area contributed by atoms with Crippen molar-refractivity contribution in [3.8, 4) is 0 Å². The fraction of sp³-hybridized carbons (Fsp3) is 0.250. The third-order valence-electron chi connectivity index (χ3n) is 2.60. The van der Waals surface area contributed by atoms with E-state index in [0.29, 0.717) is 5.04 Å². The summed E-state index contributed by atoms with van der Waals surface area (Å²) in [4.78, 5) is 27.1. The van der Waals surface area contributed by atoms with Crippen LogP contribution >= 0.6 is 11.8 Å². The number of benzene rings is 1. The lowest BCUT2D eigenvalue weighted by molar-refractivity contribution is -0.127. The SMILES string of the molecule is CC(=O)C1(C)SC(c2ccccc2)=NC1=O. The molecular formula is C12H11NO2S. The molecule has 0 radical (unpaired) electrons. The highest BCUT2D eigenvalue weighted by molar-refractivity contribution is 8.17. The van der Waals surface area contributed by atoms with Gasteiger partial charge in [0, 0.05) is 5.56 Å². The Bertz CT molecular complexity index is 481. The second-order valence-corrected chi connectivity index (χ2v) is 5.19. The molecule has 1 aromatic rings. The fourth-order valence-electron chi connectivity index (χ4n) is 1.39. The van der Waals surface area contributed by atoms with Crippen LogP contribution in [0.4, 0.5) is 0 Å². The molecule has 1 heterocycles. The van der Waals surface area contributed by atoms with Crippen molar-refractivity contribution in [1.29, 1.82) is 0 Å². The maximum Gasteiger partial charge on any atom is 0.270 e. The molecule has 1 unspecified atom stereocenters. The van der Waals surface area contributed by atoms with Crippen LogP contribution in [-0.4, -0.2) is 21.5 Å². The van der Waals surface area contributed by atoms with Crippen LogP contribution in [0.1, 0.15) is 19.4 Å². The smallest absolute Gasteiger partial charge is 0.270 e. The molecule has 0 fully saturated rings. The van der Waals surface area contributed by atoms with Gasteiger partial charge in [0.2, 0.25) is 0 Å². The van der Waals surface area contributed by atoms with Crippen molar-refractivity contribution >= 4 is 28.5 Å². The lowest BCUT2D eigenvalue weighted by atomic mass is 10.1. The second-order valence-electron chi connectivity index (χ2n) is 3.78. The normalized spacial score (nSPS) is 24.4. The Balaban J connectivity index is 2.34. The fourth-order valence-corrected chi connectivity index (χ4v) is 2.43. The van der Waals surface area contributed by atoms with Crippen LogP contribution < -0.4 is 0 Å². The van der Waals surface area contributed by atoms with E-state index in [9.17, 15) is 9.59 Å². The molecule has 1 atom stereocenters. The summed E-state index contributed by atoms with van der Waals surface area (Å²) < 4.78 is -1.04. The average molecular weight is 233 g/mol. The molecule has 0 saturated heterocycles. The molecule has 0 spiro atoms. The number of Topliss-reactive ketones (excluding diaryl/α,β-unsaturated/α-hetero) is 1. The predicted molar refractivity (Wildman–Crippen MR) is 64.7 cm³/mol. The highest BCUT2D eigenvalue weighted by Crippen LogP contribution is 2.36. The van der Waals surface area contributed by atoms with Gasteiger partial charge in [-0.25, -0.2) is 4.99 Å². The first-order chi connectivity index (χ1) is 7.54. The van der Waals surface area contributed by atoms with E-state index in [1.165, 1.54) is 18.7 Å². The summed E-state index contributed by atoms with van der Waals surface area (Å²) in [5.74, 6) is -0.513. The molecule has 16 heavy (non-hydrogen) atoms. The molecule has 0 bridgehead atoms.